The SMILES string of the molecule is C=CCn1c(COc2ccc(CC)cc2)nnc1SCC(=O)Nc1ccc([N+](=O)[O-])cc1. The monoisotopic (exact) mass is 453 g/mol. The number of non-ortho nitro benzene ring substituents is 1. The molecule has 0 saturated carbocycles. The molecule has 0 radical (unpaired) electrons. The Morgan fingerprint density at radius 1 is 1.22 bits per heavy atom. The maximum absolute atomic E-state index is 12.3. The highest BCUT2D eigenvalue weighted by Crippen LogP contribution is 2.20. The van der Waals surface area contributed by atoms with Gasteiger partial charge < -0.3 is 10.1 Å². The molecule has 0 spiro atoms. The lowest BCUT2D eigenvalue weighted by Crippen LogP contribution is -2.15. The number of aryl methyl sites for hydroxylation is 1. The number of aromatic nitrogens is 3. The average Bonchev–Trinajstić information content (AvgIpc) is 3.18. The van der Waals surface area contributed by atoms with Crippen LogP contribution >= 0.6 is 11.8 Å². The number of hydrogen-bond donors (Lipinski definition) is 1. The van der Waals surface area contributed by atoms with Crippen LogP contribution in [0.15, 0.2) is 66.3 Å². The number of benzene rings is 2. The molecule has 10 heteroatoms. The first-order valence-corrected chi connectivity index (χ1v) is 10.9. The van der Waals surface area contributed by atoms with Gasteiger partial charge in [0.15, 0.2) is 11.0 Å². The number of hydrogen-bond acceptors (Lipinski definition) is 7. The lowest BCUT2D eigenvalue weighted by Gasteiger charge is -2.10. The molecule has 0 saturated heterocycles. The second-order valence-corrected chi connectivity index (χ2v) is 7.67. The van der Waals surface area contributed by atoms with Crippen LogP contribution in [0.5, 0.6) is 5.75 Å². The molecule has 166 valence electrons. The number of allylic oxidation sites excluding steroid dienone is 1. The summed E-state index contributed by atoms with van der Waals surface area (Å²) in [7, 11) is 0. The normalized spacial score (nSPS) is 10.5. The van der Waals surface area contributed by atoms with Crippen molar-refractivity contribution < 1.29 is 14.5 Å². The smallest absolute Gasteiger partial charge is 0.269 e. The van der Waals surface area contributed by atoms with E-state index in [1.54, 1.807) is 6.08 Å². The maximum Gasteiger partial charge on any atom is 0.269 e. The highest BCUT2D eigenvalue weighted by Gasteiger charge is 2.14. The van der Waals surface area contributed by atoms with Gasteiger partial charge in [-0.15, -0.1) is 16.8 Å². The summed E-state index contributed by atoms with van der Waals surface area (Å²) in [6.07, 6.45) is 2.69. The summed E-state index contributed by atoms with van der Waals surface area (Å²) in [5.41, 5.74) is 1.68. The second kappa shape index (κ2) is 11.1. The Balaban J connectivity index is 1.58. The summed E-state index contributed by atoms with van der Waals surface area (Å²) in [5, 5.41) is 22.4. The van der Waals surface area contributed by atoms with Crippen LogP contribution in [0, 0.1) is 10.1 Å². The number of nitrogens with one attached hydrogen (secondary N) is 1. The number of ether oxygens (including phenoxy) is 1. The molecule has 3 rings (SSSR count). The van der Waals surface area contributed by atoms with E-state index in [-0.39, 0.29) is 24.0 Å². The van der Waals surface area contributed by atoms with Crippen LogP contribution < -0.4 is 10.1 Å². The van der Waals surface area contributed by atoms with Gasteiger partial charge >= 0.3 is 0 Å². The van der Waals surface area contributed by atoms with Gasteiger partial charge in [-0.05, 0) is 36.2 Å². The van der Waals surface area contributed by atoms with Crippen molar-refractivity contribution in [3.8, 4) is 5.75 Å². The number of amides is 1. The van der Waals surface area contributed by atoms with Crippen LogP contribution in [-0.2, 0) is 24.4 Å². The van der Waals surface area contributed by atoms with Crippen molar-refractivity contribution in [3.05, 3.63) is 82.7 Å². The molecule has 0 atom stereocenters. The minimum absolute atomic E-state index is 0.0362. The zero-order valence-electron chi connectivity index (χ0n) is 17.6. The van der Waals surface area contributed by atoms with Crippen molar-refractivity contribution in [1.82, 2.24) is 14.8 Å². The number of anilines is 1. The first-order valence-electron chi connectivity index (χ1n) is 9.92. The quantitative estimate of drug-likeness (QED) is 0.200. The highest BCUT2D eigenvalue weighted by atomic mass is 32.2. The van der Waals surface area contributed by atoms with E-state index in [1.165, 1.54) is 41.6 Å². The topological polar surface area (TPSA) is 112 Å². The lowest BCUT2D eigenvalue weighted by molar-refractivity contribution is -0.384. The van der Waals surface area contributed by atoms with E-state index in [2.05, 4.69) is 29.0 Å². The zero-order valence-corrected chi connectivity index (χ0v) is 18.4. The summed E-state index contributed by atoms with van der Waals surface area (Å²) in [6.45, 7) is 6.59. The zero-order chi connectivity index (χ0) is 22.9. The van der Waals surface area contributed by atoms with E-state index in [4.69, 9.17) is 4.74 Å². The van der Waals surface area contributed by atoms with Crippen LogP contribution in [0.25, 0.3) is 0 Å². The molecule has 32 heavy (non-hydrogen) atoms. The lowest BCUT2D eigenvalue weighted by atomic mass is 10.2. The van der Waals surface area contributed by atoms with E-state index < -0.39 is 4.92 Å². The molecule has 0 aliphatic carbocycles. The number of nitrogens with zero attached hydrogens (tertiary/aromatic N) is 4. The first-order chi connectivity index (χ1) is 15.5. The van der Waals surface area contributed by atoms with Crippen molar-refractivity contribution in [2.24, 2.45) is 0 Å². The summed E-state index contributed by atoms with van der Waals surface area (Å²) in [4.78, 5) is 22.5. The van der Waals surface area contributed by atoms with Gasteiger partial charge in [0.1, 0.15) is 12.4 Å². The molecule has 0 aliphatic heterocycles. The predicted octanol–water partition coefficient (Wildman–Crippen LogP) is 4.24. The Labute approximate surface area is 189 Å². The number of thioether (sulfide) groups is 1. The highest BCUT2D eigenvalue weighted by molar-refractivity contribution is 7.99. The summed E-state index contributed by atoms with van der Waals surface area (Å²) >= 11 is 1.24. The van der Waals surface area contributed by atoms with Gasteiger partial charge in [-0.3, -0.25) is 19.5 Å². The van der Waals surface area contributed by atoms with Gasteiger partial charge in [0, 0.05) is 24.4 Å². The molecule has 0 aliphatic rings. The molecule has 0 bridgehead atoms. The molecule has 1 amide bonds. The Bertz CT molecular complexity index is 1080. The fraction of sp³-hybridized carbons (Fsp3) is 0.227. The average molecular weight is 454 g/mol. The van der Waals surface area contributed by atoms with Crippen LogP contribution in [-0.4, -0.2) is 31.3 Å². The Kier molecular flexibility index (Phi) is 7.98. The molecule has 9 nitrogen and oxygen atoms in total. The molecule has 1 heterocycles. The van der Waals surface area contributed by atoms with Crippen LogP contribution in [0.1, 0.15) is 18.3 Å². The second-order valence-electron chi connectivity index (χ2n) is 6.73. The van der Waals surface area contributed by atoms with E-state index in [1.807, 2.05) is 28.8 Å². The van der Waals surface area contributed by atoms with E-state index >= 15 is 0 Å². The van der Waals surface area contributed by atoms with Crippen molar-refractivity contribution >= 4 is 29.0 Å². The van der Waals surface area contributed by atoms with Crippen LogP contribution in [0.3, 0.4) is 0 Å². The number of carbonyl (C=O) groups excluding carboxylic acids is 1. The number of nitro benzene ring substituents is 1. The van der Waals surface area contributed by atoms with Gasteiger partial charge in [-0.2, -0.15) is 0 Å². The van der Waals surface area contributed by atoms with Gasteiger partial charge in [0.25, 0.3) is 5.69 Å². The molecule has 3 aromatic rings. The van der Waals surface area contributed by atoms with Crippen molar-refractivity contribution in [1.29, 1.82) is 0 Å². The van der Waals surface area contributed by atoms with E-state index in [0.717, 1.165) is 12.2 Å². The summed E-state index contributed by atoms with van der Waals surface area (Å²) in [6, 6.07) is 13.5. The summed E-state index contributed by atoms with van der Waals surface area (Å²) in [5.74, 6) is 1.21. The van der Waals surface area contributed by atoms with E-state index in [9.17, 15) is 14.9 Å². The minimum Gasteiger partial charge on any atom is -0.486 e. The molecule has 0 fully saturated rings. The minimum atomic E-state index is -0.491. The van der Waals surface area contributed by atoms with Crippen molar-refractivity contribution in [2.45, 2.75) is 31.7 Å². The molecule has 1 N–H and O–H groups in total. The van der Waals surface area contributed by atoms with Crippen molar-refractivity contribution in [3.63, 3.8) is 0 Å². The maximum atomic E-state index is 12.3. The fourth-order valence-corrected chi connectivity index (χ4v) is 3.57. The Morgan fingerprint density at radius 2 is 1.94 bits per heavy atom. The third kappa shape index (κ3) is 6.17. The van der Waals surface area contributed by atoms with Gasteiger partial charge in [0.05, 0.1) is 10.7 Å². The van der Waals surface area contributed by atoms with Crippen molar-refractivity contribution in [2.75, 3.05) is 11.1 Å². The standard InChI is InChI=1S/C22H23N5O4S/c1-3-13-26-20(14-31-19-11-5-16(4-2)6-12-19)24-25-22(26)32-15-21(28)23-17-7-9-18(10-8-17)27(29)30/h3,5-12H,1,4,13-15H2,2H3,(H,23,28). The fourth-order valence-electron chi connectivity index (χ4n) is 2.81. The Morgan fingerprint density at radius 3 is 2.56 bits per heavy atom. The largest absolute Gasteiger partial charge is 0.486 e. The molecular weight excluding hydrogens is 430 g/mol. The molecule has 0 unspecified atom stereocenters. The number of rotatable bonds is 11. The van der Waals surface area contributed by atoms with E-state index in [0.29, 0.717) is 23.2 Å². The third-order valence-corrected chi connectivity index (χ3v) is 5.47. The predicted molar refractivity (Wildman–Crippen MR) is 123 cm³/mol. The number of carbonyl (C=O) groups is 1. The Hall–Kier alpha value is -3.66. The van der Waals surface area contributed by atoms with Gasteiger partial charge in [-0.1, -0.05) is 36.9 Å². The third-order valence-electron chi connectivity index (χ3n) is 4.50. The number of nitro groups is 1. The van der Waals surface area contributed by atoms with Gasteiger partial charge in [0.2, 0.25) is 5.91 Å². The molecular formula is C22H23N5O4S. The molecule has 1 aromatic heterocycles. The summed E-state index contributed by atoms with van der Waals surface area (Å²) < 4.78 is 7.67. The molecule has 2 aromatic carbocycles. The first kappa shape index (κ1) is 23.0. The van der Waals surface area contributed by atoms with Crippen LogP contribution in [0.2, 0.25) is 0 Å². The van der Waals surface area contributed by atoms with Gasteiger partial charge in [-0.25, -0.2) is 0 Å². The van der Waals surface area contributed by atoms with Crippen LogP contribution in [0.4, 0.5) is 11.4 Å².